The molecule has 2 aromatic rings. The molecule has 0 unspecified atom stereocenters. The van der Waals surface area contributed by atoms with Crippen molar-refractivity contribution in [2.24, 2.45) is 0 Å². The van der Waals surface area contributed by atoms with Gasteiger partial charge >= 0.3 is 0 Å². The van der Waals surface area contributed by atoms with Crippen LogP contribution in [-0.4, -0.2) is 26.0 Å². The minimum Gasteiger partial charge on any atom is -0.419 e. The van der Waals surface area contributed by atoms with E-state index in [1.807, 2.05) is 6.26 Å². The summed E-state index contributed by atoms with van der Waals surface area (Å²) in [6.45, 7) is 0. The predicted octanol–water partition coefficient (Wildman–Crippen LogP) is 1.45. The summed E-state index contributed by atoms with van der Waals surface area (Å²) < 4.78 is 9.07. The summed E-state index contributed by atoms with van der Waals surface area (Å²) in [7, 11) is 0. The molecule has 0 aliphatic carbocycles. The lowest BCUT2D eigenvalue weighted by Gasteiger charge is -1.85. The molecule has 2 heterocycles. The Labute approximate surface area is 82.7 Å². The van der Waals surface area contributed by atoms with Crippen LogP contribution in [0.15, 0.2) is 10.6 Å². The van der Waals surface area contributed by atoms with Gasteiger partial charge in [0.05, 0.1) is 11.9 Å². The molecule has 0 N–H and O–H groups in total. The molecule has 0 atom stereocenters. The second-order valence-electron chi connectivity index (χ2n) is 2.22. The van der Waals surface area contributed by atoms with Gasteiger partial charge in [-0.25, -0.2) is 0 Å². The Morgan fingerprint density at radius 3 is 3.15 bits per heavy atom. The monoisotopic (exact) mass is 214 g/mol. The maximum atomic E-state index is 5.36. The van der Waals surface area contributed by atoms with Gasteiger partial charge < -0.3 is 4.42 Å². The van der Waals surface area contributed by atoms with Gasteiger partial charge in [0.2, 0.25) is 5.89 Å². The van der Waals surface area contributed by atoms with Crippen LogP contribution in [0.5, 0.6) is 0 Å². The van der Waals surface area contributed by atoms with E-state index < -0.39 is 0 Å². The Hall–Kier alpha value is -0.950. The van der Waals surface area contributed by atoms with Crippen LogP contribution in [0.4, 0.5) is 0 Å². The molecular weight excluding hydrogens is 208 g/mol. The zero-order chi connectivity index (χ0) is 9.10. The third kappa shape index (κ3) is 1.86. The van der Waals surface area contributed by atoms with Gasteiger partial charge in [0.25, 0.3) is 5.89 Å². The third-order valence-electron chi connectivity index (χ3n) is 1.31. The van der Waals surface area contributed by atoms with E-state index in [4.69, 9.17) is 4.42 Å². The van der Waals surface area contributed by atoms with E-state index in [2.05, 4.69) is 19.8 Å². The molecule has 0 aliphatic rings. The lowest BCUT2D eigenvalue weighted by atomic mass is 10.6. The largest absolute Gasteiger partial charge is 0.419 e. The quantitative estimate of drug-likeness (QED) is 0.770. The molecule has 2 rings (SSSR count). The third-order valence-corrected chi connectivity index (χ3v) is 2.50. The van der Waals surface area contributed by atoms with E-state index in [0.717, 1.165) is 10.6 Å². The highest BCUT2D eigenvalue weighted by atomic mass is 32.2. The molecule has 5 nitrogen and oxygen atoms in total. The van der Waals surface area contributed by atoms with Crippen LogP contribution in [0.2, 0.25) is 0 Å². The topological polar surface area (TPSA) is 64.7 Å². The highest BCUT2D eigenvalue weighted by molar-refractivity contribution is 7.97. The van der Waals surface area contributed by atoms with E-state index in [-0.39, 0.29) is 0 Å². The Balaban J connectivity index is 2.23. The van der Waals surface area contributed by atoms with Crippen molar-refractivity contribution in [3.05, 3.63) is 12.1 Å². The molecule has 0 spiro atoms. The average Bonchev–Trinajstić information content (AvgIpc) is 2.70. The van der Waals surface area contributed by atoms with Crippen LogP contribution in [0.25, 0.3) is 10.8 Å². The van der Waals surface area contributed by atoms with Gasteiger partial charge in [-0.1, -0.05) is 4.49 Å². The summed E-state index contributed by atoms with van der Waals surface area (Å²) in [5.74, 6) is 1.87. The molecule has 0 fully saturated rings. The van der Waals surface area contributed by atoms with Crippen LogP contribution in [0.3, 0.4) is 0 Å². The lowest BCUT2D eigenvalue weighted by molar-refractivity contribution is 0.529. The summed E-state index contributed by atoms with van der Waals surface area (Å²) in [6, 6.07) is 0. The lowest BCUT2D eigenvalue weighted by Crippen LogP contribution is -1.77. The van der Waals surface area contributed by atoms with Crippen molar-refractivity contribution in [3.8, 4) is 10.8 Å². The summed E-state index contributed by atoms with van der Waals surface area (Å²) in [5.41, 5.74) is 0. The van der Waals surface area contributed by atoms with Gasteiger partial charge in [-0.15, -0.1) is 15.3 Å². The van der Waals surface area contributed by atoms with Crippen molar-refractivity contribution in [1.29, 1.82) is 0 Å². The number of rotatable bonds is 3. The number of aromatic nitrogens is 4. The van der Waals surface area contributed by atoms with Gasteiger partial charge in [-0.2, -0.15) is 11.8 Å². The summed E-state index contributed by atoms with van der Waals surface area (Å²) in [4.78, 5) is 0.805. The van der Waals surface area contributed by atoms with Gasteiger partial charge in [-0.3, -0.25) is 0 Å². The smallest absolute Gasteiger partial charge is 0.261 e. The first kappa shape index (κ1) is 8.64. The SMILES string of the molecule is CSCc1nnc(-c2cnns2)o1. The minimum absolute atomic E-state index is 0.499. The molecule has 0 aromatic carbocycles. The zero-order valence-electron chi connectivity index (χ0n) is 6.80. The zero-order valence-corrected chi connectivity index (χ0v) is 8.43. The normalized spacial score (nSPS) is 10.5. The number of nitrogens with zero attached hydrogens (tertiary/aromatic N) is 4. The summed E-state index contributed by atoms with van der Waals surface area (Å²) in [5, 5.41) is 11.4. The minimum atomic E-state index is 0.499. The van der Waals surface area contributed by atoms with Crippen molar-refractivity contribution in [2.75, 3.05) is 6.26 Å². The van der Waals surface area contributed by atoms with Crippen molar-refractivity contribution >= 4 is 23.3 Å². The van der Waals surface area contributed by atoms with Crippen LogP contribution in [0.1, 0.15) is 5.89 Å². The van der Waals surface area contributed by atoms with E-state index in [1.165, 1.54) is 11.5 Å². The van der Waals surface area contributed by atoms with Crippen molar-refractivity contribution in [1.82, 2.24) is 19.8 Å². The fourth-order valence-corrected chi connectivity index (χ4v) is 1.60. The maximum absolute atomic E-state index is 5.36. The molecule has 0 saturated heterocycles. The Morgan fingerprint density at radius 2 is 2.46 bits per heavy atom. The van der Waals surface area contributed by atoms with Crippen molar-refractivity contribution in [2.45, 2.75) is 5.75 Å². The van der Waals surface area contributed by atoms with E-state index in [1.54, 1.807) is 18.0 Å². The van der Waals surface area contributed by atoms with E-state index in [9.17, 15) is 0 Å². The molecule has 0 aliphatic heterocycles. The standard InChI is InChI=1S/C6H6N4OS2/c1-12-3-5-8-9-6(11-5)4-2-7-10-13-4/h2H,3H2,1H3. The molecule has 0 amide bonds. The molecule has 2 aromatic heterocycles. The number of thioether (sulfide) groups is 1. The molecule has 0 radical (unpaired) electrons. The Kier molecular flexibility index (Phi) is 2.55. The van der Waals surface area contributed by atoms with Gasteiger partial charge in [0.1, 0.15) is 4.88 Å². The second kappa shape index (κ2) is 3.84. The predicted molar refractivity (Wildman–Crippen MR) is 50.4 cm³/mol. The Bertz CT molecular complexity index is 372. The number of hydrogen-bond acceptors (Lipinski definition) is 7. The first-order chi connectivity index (χ1) is 6.40. The van der Waals surface area contributed by atoms with E-state index in [0.29, 0.717) is 11.8 Å². The van der Waals surface area contributed by atoms with Crippen LogP contribution < -0.4 is 0 Å². The highest BCUT2D eigenvalue weighted by Crippen LogP contribution is 2.20. The molecule has 0 bridgehead atoms. The maximum Gasteiger partial charge on any atom is 0.261 e. The number of hydrogen-bond donors (Lipinski definition) is 0. The fraction of sp³-hybridized carbons (Fsp3) is 0.333. The first-order valence-electron chi connectivity index (χ1n) is 3.49. The Morgan fingerprint density at radius 1 is 1.54 bits per heavy atom. The van der Waals surface area contributed by atoms with E-state index >= 15 is 0 Å². The van der Waals surface area contributed by atoms with Crippen molar-refractivity contribution in [3.63, 3.8) is 0 Å². The van der Waals surface area contributed by atoms with Crippen LogP contribution in [-0.2, 0) is 5.75 Å². The fourth-order valence-electron chi connectivity index (χ4n) is 0.796. The molecule has 68 valence electrons. The molecule has 0 saturated carbocycles. The molecular formula is C6H6N4OS2. The van der Waals surface area contributed by atoms with Gasteiger partial charge in [0.15, 0.2) is 0 Å². The highest BCUT2D eigenvalue weighted by Gasteiger charge is 2.09. The van der Waals surface area contributed by atoms with Crippen LogP contribution in [0, 0.1) is 0 Å². The first-order valence-corrected chi connectivity index (χ1v) is 5.66. The van der Waals surface area contributed by atoms with Crippen LogP contribution >= 0.6 is 23.3 Å². The summed E-state index contributed by atoms with van der Waals surface area (Å²) >= 11 is 2.88. The van der Waals surface area contributed by atoms with Gasteiger partial charge in [-0.05, 0) is 17.8 Å². The van der Waals surface area contributed by atoms with Gasteiger partial charge in [0, 0.05) is 0 Å². The second-order valence-corrected chi connectivity index (χ2v) is 3.87. The summed E-state index contributed by atoms with van der Waals surface area (Å²) in [6.07, 6.45) is 3.60. The average molecular weight is 214 g/mol. The van der Waals surface area contributed by atoms with Crippen molar-refractivity contribution < 1.29 is 4.42 Å². The molecule has 13 heavy (non-hydrogen) atoms. The molecule has 7 heteroatoms.